The molecule has 0 saturated heterocycles. The van der Waals surface area contributed by atoms with Gasteiger partial charge in [-0.3, -0.25) is 4.40 Å². The van der Waals surface area contributed by atoms with E-state index >= 15 is 0 Å². The molecule has 68 valence electrons. The lowest BCUT2D eigenvalue weighted by Gasteiger charge is -1.99. The van der Waals surface area contributed by atoms with Crippen LogP contribution in [0.5, 0.6) is 0 Å². The molecule has 0 spiro atoms. The number of halogens is 1. The lowest BCUT2D eigenvalue weighted by molar-refractivity contribution is 1.08. The van der Waals surface area contributed by atoms with Gasteiger partial charge in [0.05, 0.1) is 5.52 Å². The van der Waals surface area contributed by atoms with Crippen molar-refractivity contribution < 1.29 is 0 Å². The molecule has 0 aliphatic rings. The Labute approximate surface area is 84.2 Å². The van der Waals surface area contributed by atoms with E-state index in [2.05, 4.69) is 15.2 Å². The van der Waals surface area contributed by atoms with Gasteiger partial charge in [-0.2, -0.15) is 0 Å². The maximum Gasteiger partial charge on any atom is 0.210 e. The summed E-state index contributed by atoms with van der Waals surface area (Å²) in [7, 11) is 0. The number of para-hydroxylation sites is 1. The van der Waals surface area contributed by atoms with Crippen LogP contribution in [0.15, 0.2) is 30.6 Å². The summed E-state index contributed by atoms with van der Waals surface area (Å²) in [6.07, 6.45) is 1.55. The molecule has 0 atom stereocenters. The number of benzene rings is 1. The second-order valence-electron chi connectivity index (χ2n) is 2.92. The molecule has 0 saturated carbocycles. The van der Waals surface area contributed by atoms with Crippen molar-refractivity contribution in [3.05, 3.63) is 35.9 Å². The first-order valence-corrected chi connectivity index (χ1v) is 4.48. The molecular formula is C9H5ClN4. The van der Waals surface area contributed by atoms with Crippen LogP contribution in [-0.4, -0.2) is 19.6 Å². The van der Waals surface area contributed by atoms with Gasteiger partial charge in [0.2, 0.25) is 5.28 Å². The van der Waals surface area contributed by atoms with Crippen molar-refractivity contribution >= 4 is 28.2 Å². The van der Waals surface area contributed by atoms with Crippen molar-refractivity contribution in [3.63, 3.8) is 0 Å². The van der Waals surface area contributed by atoms with Gasteiger partial charge < -0.3 is 0 Å². The summed E-state index contributed by atoms with van der Waals surface area (Å²) in [5, 5.41) is 9.13. The normalized spacial score (nSPS) is 11.2. The van der Waals surface area contributed by atoms with E-state index < -0.39 is 0 Å². The molecule has 14 heavy (non-hydrogen) atoms. The van der Waals surface area contributed by atoms with E-state index in [9.17, 15) is 0 Å². The molecule has 0 aliphatic carbocycles. The third kappa shape index (κ3) is 0.914. The zero-order valence-corrected chi connectivity index (χ0v) is 7.81. The Bertz CT molecular complexity index is 616. The maximum absolute atomic E-state index is 5.95. The fourth-order valence-electron chi connectivity index (χ4n) is 1.47. The van der Waals surface area contributed by atoms with Gasteiger partial charge in [-0.15, -0.1) is 10.2 Å². The van der Waals surface area contributed by atoms with Crippen LogP contribution in [-0.2, 0) is 0 Å². The summed E-state index contributed by atoms with van der Waals surface area (Å²) in [5.74, 6) is 0. The second kappa shape index (κ2) is 2.65. The SMILES string of the molecule is Clc1nc2ccccc2c2nncn12. The highest BCUT2D eigenvalue weighted by Crippen LogP contribution is 2.19. The largest absolute Gasteiger partial charge is 0.255 e. The summed E-state index contributed by atoms with van der Waals surface area (Å²) < 4.78 is 1.66. The van der Waals surface area contributed by atoms with Crippen LogP contribution in [0.3, 0.4) is 0 Å². The van der Waals surface area contributed by atoms with E-state index in [-0.39, 0.29) is 0 Å². The summed E-state index contributed by atoms with van der Waals surface area (Å²) in [5.41, 5.74) is 1.57. The molecular weight excluding hydrogens is 200 g/mol. The van der Waals surface area contributed by atoms with E-state index in [4.69, 9.17) is 11.6 Å². The smallest absolute Gasteiger partial charge is 0.210 e. The van der Waals surface area contributed by atoms with E-state index in [1.165, 1.54) is 0 Å². The van der Waals surface area contributed by atoms with Crippen LogP contribution in [0.1, 0.15) is 0 Å². The minimum atomic E-state index is 0.378. The van der Waals surface area contributed by atoms with Gasteiger partial charge in [-0.1, -0.05) is 12.1 Å². The van der Waals surface area contributed by atoms with Crippen LogP contribution >= 0.6 is 11.6 Å². The zero-order valence-electron chi connectivity index (χ0n) is 7.05. The molecule has 0 fully saturated rings. The van der Waals surface area contributed by atoms with Crippen LogP contribution < -0.4 is 0 Å². The maximum atomic E-state index is 5.95. The van der Waals surface area contributed by atoms with Crippen LogP contribution in [0.4, 0.5) is 0 Å². The molecule has 5 heteroatoms. The Hall–Kier alpha value is -1.68. The lowest BCUT2D eigenvalue weighted by atomic mass is 10.2. The van der Waals surface area contributed by atoms with Gasteiger partial charge in [-0.25, -0.2) is 4.98 Å². The molecule has 4 nitrogen and oxygen atoms in total. The van der Waals surface area contributed by atoms with Gasteiger partial charge in [0.15, 0.2) is 5.65 Å². The molecule has 0 N–H and O–H groups in total. The minimum Gasteiger partial charge on any atom is -0.255 e. The lowest BCUT2D eigenvalue weighted by Crippen LogP contribution is -1.91. The number of rotatable bonds is 0. The summed E-state index contributed by atoms with van der Waals surface area (Å²) in [6, 6.07) is 7.70. The van der Waals surface area contributed by atoms with Crippen molar-refractivity contribution in [2.75, 3.05) is 0 Å². The van der Waals surface area contributed by atoms with Gasteiger partial charge in [0.25, 0.3) is 0 Å². The van der Waals surface area contributed by atoms with Crippen molar-refractivity contribution in [2.24, 2.45) is 0 Å². The Kier molecular flexibility index (Phi) is 1.46. The minimum absolute atomic E-state index is 0.378. The molecule has 0 radical (unpaired) electrons. The monoisotopic (exact) mass is 204 g/mol. The standard InChI is InChI=1S/C9H5ClN4/c10-9-12-7-4-2-1-3-6(7)8-13-11-5-14(8)9/h1-5H. The molecule has 1 aromatic carbocycles. The Balaban J connectivity index is 2.66. The highest BCUT2D eigenvalue weighted by molar-refractivity contribution is 6.29. The molecule has 0 amide bonds. The van der Waals surface area contributed by atoms with Crippen molar-refractivity contribution in [1.82, 2.24) is 19.6 Å². The second-order valence-corrected chi connectivity index (χ2v) is 3.26. The molecule has 0 bridgehead atoms. The third-order valence-electron chi connectivity index (χ3n) is 2.10. The predicted octanol–water partition coefficient (Wildman–Crippen LogP) is 1.93. The average Bonchev–Trinajstić information content (AvgIpc) is 2.67. The summed E-state index contributed by atoms with van der Waals surface area (Å²) in [4.78, 5) is 4.22. The number of fused-ring (bicyclic) bond motifs is 3. The molecule has 2 heterocycles. The first-order chi connectivity index (χ1) is 6.86. The van der Waals surface area contributed by atoms with Gasteiger partial charge in [0, 0.05) is 5.39 Å². The number of hydrogen-bond acceptors (Lipinski definition) is 3. The quantitative estimate of drug-likeness (QED) is 0.526. The van der Waals surface area contributed by atoms with Gasteiger partial charge >= 0.3 is 0 Å². The van der Waals surface area contributed by atoms with Gasteiger partial charge in [-0.05, 0) is 23.7 Å². The first-order valence-electron chi connectivity index (χ1n) is 4.10. The molecule has 3 rings (SSSR count). The fourth-order valence-corrected chi connectivity index (χ4v) is 1.68. The van der Waals surface area contributed by atoms with Crippen LogP contribution in [0.25, 0.3) is 16.6 Å². The Morgan fingerprint density at radius 1 is 1.21 bits per heavy atom. The zero-order chi connectivity index (χ0) is 9.54. The van der Waals surface area contributed by atoms with E-state index in [0.29, 0.717) is 5.28 Å². The molecule has 0 aliphatic heterocycles. The summed E-state index contributed by atoms with van der Waals surface area (Å²) in [6.45, 7) is 0. The van der Waals surface area contributed by atoms with Crippen molar-refractivity contribution in [1.29, 1.82) is 0 Å². The van der Waals surface area contributed by atoms with Crippen molar-refractivity contribution in [2.45, 2.75) is 0 Å². The molecule has 0 unspecified atom stereocenters. The Morgan fingerprint density at radius 3 is 3.00 bits per heavy atom. The Morgan fingerprint density at radius 2 is 2.07 bits per heavy atom. The van der Waals surface area contributed by atoms with Crippen LogP contribution in [0.2, 0.25) is 5.28 Å². The predicted molar refractivity (Wildman–Crippen MR) is 53.3 cm³/mol. The summed E-state index contributed by atoms with van der Waals surface area (Å²) >= 11 is 5.95. The number of nitrogens with zero attached hydrogens (tertiary/aromatic N) is 4. The fraction of sp³-hybridized carbons (Fsp3) is 0. The topological polar surface area (TPSA) is 43.1 Å². The molecule has 3 aromatic rings. The highest BCUT2D eigenvalue weighted by atomic mass is 35.5. The van der Waals surface area contributed by atoms with Crippen LogP contribution in [0, 0.1) is 0 Å². The molecule has 2 aromatic heterocycles. The highest BCUT2D eigenvalue weighted by Gasteiger charge is 2.06. The number of aromatic nitrogens is 4. The third-order valence-corrected chi connectivity index (χ3v) is 2.37. The average molecular weight is 205 g/mol. The van der Waals surface area contributed by atoms with Crippen molar-refractivity contribution in [3.8, 4) is 0 Å². The van der Waals surface area contributed by atoms with Gasteiger partial charge in [0.1, 0.15) is 6.33 Å². The van der Waals surface area contributed by atoms with E-state index in [1.807, 2.05) is 24.3 Å². The number of hydrogen-bond donors (Lipinski definition) is 0. The van der Waals surface area contributed by atoms with E-state index in [0.717, 1.165) is 16.6 Å². The first kappa shape index (κ1) is 7.70. The van der Waals surface area contributed by atoms with E-state index in [1.54, 1.807) is 10.7 Å².